The normalized spacial score (nSPS) is 10.9. The van der Waals surface area contributed by atoms with Gasteiger partial charge in [0.1, 0.15) is 5.15 Å². The number of hydrogen-bond donors (Lipinski definition) is 1. The number of benzene rings is 1. The number of hydrogen-bond acceptors (Lipinski definition) is 6. The first kappa shape index (κ1) is 17.6. The van der Waals surface area contributed by atoms with Crippen LogP contribution in [0.4, 0.5) is 10.8 Å². The molecule has 0 atom stereocenters. The highest BCUT2D eigenvalue weighted by atomic mass is 35.5. The Morgan fingerprint density at radius 2 is 2.12 bits per heavy atom. The number of anilines is 1. The number of para-hydroxylation sites is 1. The van der Waals surface area contributed by atoms with Gasteiger partial charge in [0.2, 0.25) is 5.91 Å². The van der Waals surface area contributed by atoms with E-state index in [1.54, 1.807) is 24.7 Å². The summed E-state index contributed by atoms with van der Waals surface area (Å²) in [6.07, 6.45) is 4.95. The molecular formula is C17H13ClN4OS2. The molecule has 126 valence electrons. The Morgan fingerprint density at radius 1 is 1.24 bits per heavy atom. The van der Waals surface area contributed by atoms with Crippen molar-refractivity contribution in [1.29, 1.82) is 0 Å². The standard InChI is InChI=1S/C17H13ClN4OS2/c18-16-12(4-3-7-19-16)10-21-13-5-1-2-6-14(13)25-11-15(23)22-17-20-8-9-24-17/h1-10H,11H2,(H,20,22,23). The summed E-state index contributed by atoms with van der Waals surface area (Å²) in [5.41, 5.74) is 1.51. The van der Waals surface area contributed by atoms with E-state index in [1.807, 2.05) is 35.7 Å². The summed E-state index contributed by atoms with van der Waals surface area (Å²) < 4.78 is 0. The molecule has 0 aliphatic rings. The van der Waals surface area contributed by atoms with E-state index in [0.29, 0.717) is 10.3 Å². The van der Waals surface area contributed by atoms with Crippen LogP contribution in [0.25, 0.3) is 0 Å². The van der Waals surface area contributed by atoms with Crippen molar-refractivity contribution in [3.8, 4) is 0 Å². The zero-order valence-corrected chi connectivity index (χ0v) is 15.3. The van der Waals surface area contributed by atoms with Gasteiger partial charge in [0.25, 0.3) is 0 Å². The van der Waals surface area contributed by atoms with Gasteiger partial charge in [-0.3, -0.25) is 9.79 Å². The number of aliphatic imine (C=N–C) groups is 1. The molecule has 0 saturated heterocycles. The monoisotopic (exact) mass is 388 g/mol. The van der Waals surface area contributed by atoms with Crippen LogP contribution in [-0.2, 0) is 4.79 Å². The number of carbonyl (C=O) groups is 1. The second-order valence-corrected chi connectivity index (χ2v) is 7.05. The number of thioether (sulfide) groups is 1. The fourth-order valence-corrected chi connectivity index (χ4v) is 3.42. The van der Waals surface area contributed by atoms with E-state index in [2.05, 4.69) is 20.3 Å². The van der Waals surface area contributed by atoms with Crippen molar-refractivity contribution < 1.29 is 4.79 Å². The largest absolute Gasteiger partial charge is 0.301 e. The van der Waals surface area contributed by atoms with Crippen molar-refractivity contribution in [3.05, 3.63) is 64.9 Å². The fourth-order valence-electron chi connectivity index (χ4n) is 1.90. The molecule has 0 fully saturated rings. The number of nitrogens with zero attached hydrogens (tertiary/aromatic N) is 3. The van der Waals surface area contributed by atoms with Gasteiger partial charge in [-0.25, -0.2) is 9.97 Å². The van der Waals surface area contributed by atoms with Crippen molar-refractivity contribution in [2.24, 2.45) is 4.99 Å². The molecular weight excluding hydrogens is 376 g/mol. The van der Waals surface area contributed by atoms with Crippen molar-refractivity contribution in [2.75, 3.05) is 11.1 Å². The molecule has 1 amide bonds. The molecule has 25 heavy (non-hydrogen) atoms. The van der Waals surface area contributed by atoms with Crippen LogP contribution >= 0.6 is 34.7 Å². The quantitative estimate of drug-likeness (QED) is 0.378. The van der Waals surface area contributed by atoms with Crippen LogP contribution < -0.4 is 5.32 Å². The van der Waals surface area contributed by atoms with Crippen LogP contribution in [0.2, 0.25) is 5.15 Å². The van der Waals surface area contributed by atoms with Crippen LogP contribution in [0, 0.1) is 0 Å². The summed E-state index contributed by atoms with van der Waals surface area (Å²) in [6, 6.07) is 11.3. The molecule has 0 aliphatic heterocycles. The Bertz CT molecular complexity index is 884. The van der Waals surface area contributed by atoms with Gasteiger partial charge in [-0.15, -0.1) is 23.1 Å². The number of carbonyl (C=O) groups excluding carboxylic acids is 1. The second-order valence-electron chi connectivity index (χ2n) is 4.78. The zero-order valence-electron chi connectivity index (χ0n) is 12.9. The average molecular weight is 389 g/mol. The molecule has 2 aromatic heterocycles. The Labute approximate surface area is 158 Å². The predicted molar refractivity (Wildman–Crippen MR) is 104 cm³/mol. The van der Waals surface area contributed by atoms with E-state index in [1.165, 1.54) is 23.1 Å². The number of nitrogens with one attached hydrogen (secondary N) is 1. The van der Waals surface area contributed by atoms with Crippen LogP contribution in [0.3, 0.4) is 0 Å². The molecule has 2 heterocycles. The Balaban J connectivity index is 1.66. The van der Waals surface area contributed by atoms with Gasteiger partial charge in [0.05, 0.1) is 11.4 Å². The van der Waals surface area contributed by atoms with Gasteiger partial charge < -0.3 is 5.32 Å². The SMILES string of the molecule is O=C(CSc1ccccc1N=Cc1cccnc1Cl)Nc1nccs1. The fraction of sp³-hybridized carbons (Fsp3) is 0.0588. The minimum Gasteiger partial charge on any atom is -0.301 e. The van der Waals surface area contributed by atoms with Crippen molar-refractivity contribution in [2.45, 2.75) is 4.90 Å². The first-order valence-corrected chi connectivity index (χ1v) is 9.52. The minimum atomic E-state index is -0.103. The first-order valence-electron chi connectivity index (χ1n) is 7.28. The number of rotatable bonds is 6. The molecule has 5 nitrogen and oxygen atoms in total. The van der Waals surface area contributed by atoms with Crippen molar-refractivity contribution in [3.63, 3.8) is 0 Å². The Hall–Kier alpha value is -2.22. The molecule has 0 spiro atoms. The highest BCUT2D eigenvalue weighted by molar-refractivity contribution is 8.00. The minimum absolute atomic E-state index is 0.103. The highest BCUT2D eigenvalue weighted by Gasteiger charge is 2.07. The highest BCUT2D eigenvalue weighted by Crippen LogP contribution is 2.29. The molecule has 0 aliphatic carbocycles. The maximum Gasteiger partial charge on any atom is 0.236 e. The topological polar surface area (TPSA) is 67.2 Å². The average Bonchev–Trinajstić information content (AvgIpc) is 3.13. The van der Waals surface area contributed by atoms with Gasteiger partial charge in [0.15, 0.2) is 5.13 Å². The molecule has 0 radical (unpaired) electrons. The lowest BCUT2D eigenvalue weighted by atomic mass is 10.3. The maximum absolute atomic E-state index is 12.0. The third kappa shape index (κ3) is 5.12. The number of amides is 1. The van der Waals surface area contributed by atoms with E-state index in [0.717, 1.165) is 16.1 Å². The summed E-state index contributed by atoms with van der Waals surface area (Å²) in [7, 11) is 0. The van der Waals surface area contributed by atoms with Gasteiger partial charge in [-0.1, -0.05) is 23.7 Å². The molecule has 3 rings (SSSR count). The van der Waals surface area contributed by atoms with E-state index in [9.17, 15) is 4.79 Å². The lowest BCUT2D eigenvalue weighted by Crippen LogP contribution is -2.13. The lowest BCUT2D eigenvalue weighted by molar-refractivity contribution is -0.113. The van der Waals surface area contributed by atoms with E-state index in [4.69, 9.17) is 11.6 Å². The lowest BCUT2D eigenvalue weighted by Gasteiger charge is -2.05. The van der Waals surface area contributed by atoms with Crippen LogP contribution in [-0.4, -0.2) is 27.8 Å². The number of pyridine rings is 1. The molecule has 0 saturated carbocycles. The third-order valence-corrected chi connectivity index (χ3v) is 5.10. The molecule has 1 N–H and O–H groups in total. The van der Waals surface area contributed by atoms with Gasteiger partial charge in [-0.05, 0) is 24.3 Å². The van der Waals surface area contributed by atoms with Crippen molar-refractivity contribution >= 4 is 57.6 Å². The first-order chi connectivity index (χ1) is 12.2. The zero-order chi connectivity index (χ0) is 17.5. The summed E-state index contributed by atoms with van der Waals surface area (Å²) in [5, 5.41) is 5.58. The number of aromatic nitrogens is 2. The van der Waals surface area contributed by atoms with Gasteiger partial charge in [-0.2, -0.15) is 0 Å². The van der Waals surface area contributed by atoms with Gasteiger partial charge in [0, 0.05) is 34.4 Å². The maximum atomic E-state index is 12.0. The van der Waals surface area contributed by atoms with Crippen LogP contribution in [0.15, 0.2) is 64.1 Å². The number of thiazole rings is 1. The third-order valence-electron chi connectivity index (χ3n) is 3.03. The van der Waals surface area contributed by atoms with E-state index in [-0.39, 0.29) is 11.7 Å². The molecule has 0 unspecified atom stereocenters. The summed E-state index contributed by atoms with van der Waals surface area (Å²) in [5.74, 6) is 0.175. The molecule has 1 aromatic carbocycles. The summed E-state index contributed by atoms with van der Waals surface area (Å²) >= 11 is 8.84. The van der Waals surface area contributed by atoms with Gasteiger partial charge >= 0.3 is 0 Å². The number of halogens is 1. The molecule has 8 heteroatoms. The summed E-state index contributed by atoms with van der Waals surface area (Å²) in [4.78, 5) is 25.4. The molecule has 3 aromatic rings. The Kier molecular flexibility index (Phi) is 6.16. The van der Waals surface area contributed by atoms with Crippen LogP contribution in [0.5, 0.6) is 0 Å². The predicted octanol–water partition coefficient (Wildman–Crippen LogP) is 4.67. The summed E-state index contributed by atoms with van der Waals surface area (Å²) in [6.45, 7) is 0. The van der Waals surface area contributed by atoms with E-state index < -0.39 is 0 Å². The van der Waals surface area contributed by atoms with Crippen LogP contribution in [0.1, 0.15) is 5.56 Å². The van der Waals surface area contributed by atoms with Crippen molar-refractivity contribution in [1.82, 2.24) is 9.97 Å². The second kappa shape index (κ2) is 8.75. The molecule has 0 bridgehead atoms. The smallest absolute Gasteiger partial charge is 0.236 e. The van der Waals surface area contributed by atoms with E-state index >= 15 is 0 Å². The Morgan fingerprint density at radius 3 is 2.92 bits per heavy atom.